The second-order valence-corrected chi connectivity index (χ2v) is 7.24. The van der Waals surface area contributed by atoms with E-state index in [9.17, 15) is 22.8 Å². The Hall–Kier alpha value is -2.83. The van der Waals surface area contributed by atoms with Crippen molar-refractivity contribution in [1.29, 1.82) is 0 Å². The van der Waals surface area contributed by atoms with Crippen molar-refractivity contribution in [3.63, 3.8) is 0 Å². The highest BCUT2D eigenvalue weighted by Crippen LogP contribution is 2.32. The lowest BCUT2D eigenvalue weighted by Crippen LogP contribution is -2.36. The van der Waals surface area contributed by atoms with Crippen molar-refractivity contribution in [3.8, 4) is 0 Å². The van der Waals surface area contributed by atoms with Crippen molar-refractivity contribution in [2.24, 2.45) is 5.92 Å². The molecule has 0 bridgehead atoms. The molecule has 0 aromatic heterocycles. The molecule has 0 saturated carbocycles. The van der Waals surface area contributed by atoms with Gasteiger partial charge in [0.25, 0.3) is 0 Å². The van der Waals surface area contributed by atoms with E-state index in [1.807, 2.05) is 24.3 Å². The van der Waals surface area contributed by atoms with Crippen LogP contribution in [-0.2, 0) is 28.7 Å². The number of anilines is 1. The maximum atomic E-state index is 12.9. The lowest BCUT2D eigenvalue weighted by atomic mass is 10.1. The molecule has 7 heteroatoms. The van der Waals surface area contributed by atoms with Crippen LogP contribution in [0.15, 0.2) is 48.5 Å². The van der Waals surface area contributed by atoms with E-state index in [1.165, 1.54) is 11.0 Å². The molecule has 2 aromatic rings. The molecule has 2 heterocycles. The van der Waals surface area contributed by atoms with Gasteiger partial charge in [-0.2, -0.15) is 13.2 Å². The second kappa shape index (κ2) is 6.96. The molecule has 0 spiro atoms. The Labute approximate surface area is 160 Å². The summed E-state index contributed by atoms with van der Waals surface area (Å²) >= 11 is 0. The SMILES string of the molecule is O=C1CC(C(=O)N2CCc3ccccc32)CN1Cc1cccc(C(F)(F)F)c1. The fraction of sp³-hybridized carbons (Fsp3) is 0.333. The third-order valence-corrected chi connectivity index (χ3v) is 5.34. The van der Waals surface area contributed by atoms with Crippen molar-refractivity contribution in [2.45, 2.75) is 25.6 Å². The first-order chi connectivity index (χ1) is 13.3. The zero-order chi connectivity index (χ0) is 19.9. The largest absolute Gasteiger partial charge is 0.416 e. The topological polar surface area (TPSA) is 40.6 Å². The van der Waals surface area contributed by atoms with Gasteiger partial charge in [-0.3, -0.25) is 9.59 Å². The number of para-hydroxylation sites is 1. The van der Waals surface area contributed by atoms with E-state index < -0.39 is 17.7 Å². The summed E-state index contributed by atoms with van der Waals surface area (Å²) in [5, 5.41) is 0. The number of carbonyl (C=O) groups is 2. The lowest BCUT2D eigenvalue weighted by Gasteiger charge is -2.22. The van der Waals surface area contributed by atoms with Gasteiger partial charge in [0.1, 0.15) is 0 Å². The Morgan fingerprint density at radius 3 is 2.68 bits per heavy atom. The van der Waals surface area contributed by atoms with E-state index >= 15 is 0 Å². The summed E-state index contributed by atoms with van der Waals surface area (Å²) in [5.74, 6) is -0.766. The number of benzene rings is 2. The van der Waals surface area contributed by atoms with Crippen LogP contribution in [0.1, 0.15) is 23.1 Å². The van der Waals surface area contributed by atoms with Gasteiger partial charge in [0.2, 0.25) is 11.8 Å². The standard InChI is InChI=1S/C21H19F3N2O2/c22-21(23,24)17-6-3-4-14(10-17)12-25-13-16(11-19(25)27)20(28)26-9-8-15-5-1-2-7-18(15)26/h1-7,10,16H,8-9,11-13H2. The van der Waals surface area contributed by atoms with Gasteiger partial charge in [0, 0.05) is 31.7 Å². The predicted octanol–water partition coefficient (Wildman–Crippen LogP) is 3.64. The van der Waals surface area contributed by atoms with E-state index in [0.29, 0.717) is 12.1 Å². The minimum atomic E-state index is -4.42. The number of fused-ring (bicyclic) bond motifs is 1. The average molecular weight is 388 g/mol. The van der Waals surface area contributed by atoms with Crippen LogP contribution in [0, 0.1) is 5.92 Å². The number of nitrogens with zero attached hydrogens (tertiary/aromatic N) is 2. The Kier molecular flexibility index (Phi) is 4.61. The summed E-state index contributed by atoms with van der Waals surface area (Å²) in [6, 6.07) is 12.7. The highest BCUT2D eigenvalue weighted by molar-refractivity contribution is 6.00. The van der Waals surface area contributed by atoms with Gasteiger partial charge in [-0.05, 0) is 35.7 Å². The maximum absolute atomic E-state index is 12.9. The Bertz CT molecular complexity index is 926. The van der Waals surface area contributed by atoms with Gasteiger partial charge in [-0.1, -0.05) is 30.3 Å². The minimum absolute atomic E-state index is 0.0725. The minimum Gasteiger partial charge on any atom is -0.338 e. The van der Waals surface area contributed by atoms with E-state index in [2.05, 4.69) is 0 Å². The Balaban J connectivity index is 1.46. The van der Waals surface area contributed by atoms with Gasteiger partial charge in [-0.25, -0.2) is 0 Å². The monoisotopic (exact) mass is 388 g/mol. The summed E-state index contributed by atoms with van der Waals surface area (Å²) in [4.78, 5) is 28.5. The fourth-order valence-corrected chi connectivity index (χ4v) is 3.94. The summed E-state index contributed by atoms with van der Waals surface area (Å²) in [7, 11) is 0. The van der Waals surface area contributed by atoms with Gasteiger partial charge >= 0.3 is 6.18 Å². The average Bonchev–Trinajstić information content (AvgIpc) is 3.25. The highest BCUT2D eigenvalue weighted by atomic mass is 19.4. The quantitative estimate of drug-likeness (QED) is 0.806. The molecule has 4 rings (SSSR count). The Morgan fingerprint density at radius 1 is 1.11 bits per heavy atom. The number of likely N-dealkylation sites (tertiary alicyclic amines) is 1. The number of amides is 2. The molecular formula is C21H19F3N2O2. The zero-order valence-electron chi connectivity index (χ0n) is 15.1. The van der Waals surface area contributed by atoms with E-state index in [-0.39, 0.29) is 31.3 Å². The van der Waals surface area contributed by atoms with Crippen LogP contribution < -0.4 is 4.90 Å². The predicted molar refractivity (Wildman–Crippen MR) is 97.5 cm³/mol. The molecule has 1 atom stereocenters. The van der Waals surface area contributed by atoms with Crippen molar-refractivity contribution >= 4 is 17.5 Å². The van der Waals surface area contributed by atoms with Crippen molar-refractivity contribution in [1.82, 2.24) is 4.90 Å². The third-order valence-electron chi connectivity index (χ3n) is 5.34. The van der Waals surface area contributed by atoms with Crippen molar-refractivity contribution < 1.29 is 22.8 Å². The van der Waals surface area contributed by atoms with E-state index in [0.717, 1.165) is 29.8 Å². The number of hydrogen-bond acceptors (Lipinski definition) is 2. The fourth-order valence-electron chi connectivity index (χ4n) is 3.94. The van der Waals surface area contributed by atoms with Gasteiger partial charge in [0.05, 0.1) is 11.5 Å². The van der Waals surface area contributed by atoms with E-state index in [4.69, 9.17) is 0 Å². The van der Waals surface area contributed by atoms with Crippen LogP contribution in [0.2, 0.25) is 0 Å². The van der Waals surface area contributed by atoms with Crippen LogP contribution >= 0.6 is 0 Å². The number of hydrogen-bond donors (Lipinski definition) is 0. The molecule has 0 radical (unpaired) electrons. The number of halogens is 3. The maximum Gasteiger partial charge on any atom is 0.416 e. The molecular weight excluding hydrogens is 369 g/mol. The molecule has 1 fully saturated rings. The summed E-state index contributed by atoms with van der Waals surface area (Å²) < 4.78 is 38.7. The second-order valence-electron chi connectivity index (χ2n) is 7.24. The third kappa shape index (κ3) is 3.48. The van der Waals surface area contributed by atoms with Gasteiger partial charge < -0.3 is 9.80 Å². The molecule has 146 valence electrons. The normalized spacial score (nSPS) is 19.2. The Morgan fingerprint density at radius 2 is 1.89 bits per heavy atom. The van der Waals surface area contributed by atoms with Gasteiger partial charge in [0.15, 0.2) is 0 Å². The van der Waals surface area contributed by atoms with Crippen LogP contribution in [0.3, 0.4) is 0 Å². The number of rotatable bonds is 3. The van der Waals surface area contributed by atoms with Crippen molar-refractivity contribution in [3.05, 3.63) is 65.2 Å². The highest BCUT2D eigenvalue weighted by Gasteiger charge is 2.38. The zero-order valence-corrected chi connectivity index (χ0v) is 15.1. The summed E-state index contributed by atoms with van der Waals surface area (Å²) in [6.07, 6.45) is -3.54. The molecule has 4 nitrogen and oxygen atoms in total. The van der Waals surface area contributed by atoms with Crippen LogP contribution in [0.5, 0.6) is 0 Å². The molecule has 28 heavy (non-hydrogen) atoms. The molecule has 2 aliphatic heterocycles. The molecule has 2 amide bonds. The molecule has 2 aliphatic rings. The summed E-state index contributed by atoms with van der Waals surface area (Å²) in [6.45, 7) is 0.895. The van der Waals surface area contributed by atoms with Crippen molar-refractivity contribution in [2.75, 3.05) is 18.0 Å². The molecule has 0 aliphatic carbocycles. The van der Waals surface area contributed by atoms with E-state index in [1.54, 1.807) is 11.0 Å². The molecule has 1 saturated heterocycles. The smallest absolute Gasteiger partial charge is 0.338 e. The van der Waals surface area contributed by atoms with Crippen LogP contribution in [0.25, 0.3) is 0 Å². The first-order valence-corrected chi connectivity index (χ1v) is 9.16. The number of carbonyl (C=O) groups excluding carboxylic acids is 2. The lowest BCUT2D eigenvalue weighted by molar-refractivity contribution is -0.137. The van der Waals surface area contributed by atoms with Crippen LogP contribution in [-0.4, -0.2) is 29.8 Å². The van der Waals surface area contributed by atoms with Crippen LogP contribution in [0.4, 0.5) is 18.9 Å². The first kappa shape index (κ1) is 18.5. The van der Waals surface area contributed by atoms with Gasteiger partial charge in [-0.15, -0.1) is 0 Å². The molecule has 0 N–H and O–H groups in total. The summed E-state index contributed by atoms with van der Waals surface area (Å²) in [5.41, 5.74) is 1.66. The number of alkyl halides is 3. The molecule has 2 aromatic carbocycles. The first-order valence-electron chi connectivity index (χ1n) is 9.16. The molecule has 1 unspecified atom stereocenters.